The van der Waals surface area contributed by atoms with E-state index in [1.54, 1.807) is 0 Å². The van der Waals surface area contributed by atoms with E-state index in [1.165, 1.54) is 32.2 Å². The van der Waals surface area contributed by atoms with Crippen LogP contribution in [0.5, 0.6) is 0 Å². The largest absolute Gasteiger partial charge is 0.315 e. The van der Waals surface area contributed by atoms with Crippen LogP contribution in [-0.4, -0.2) is 25.7 Å². The molecule has 1 unspecified atom stereocenters. The maximum Gasteiger partial charge on any atom is 0.00793 e. The van der Waals surface area contributed by atoms with Crippen LogP contribution in [0, 0.1) is 11.3 Å². The Bertz CT molecular complexity index is 180. The molecule has 0 spiro atoms. The first kappa shape index (κ1) is 14.0. The zero-order chi connectivity index (χ0) is 12.0. The van der Waals surface area contributed by atoms with Gasteiger partial charge in [-0.15, -0.1) is 0 Å². The van der Waals surface area contributed by atoms with E-state index in [9.17, 15) is 0 Å². The Kier molecular flexibility index (Phi) is 5.77. The molecule has 0 aliphatic heterocycles. The zero-order valence-electron chi connectivity index (χ0n) is 11.6. The van der Waals surface area contributed by atoms with Gasteiger partial charge in [0.25, 0.3) is 0 Å². The van der Waals surface area contributed by atoms with Gasteiger partial charge in [-0.25, -0.2) is 0 Å². The van der Waals surface area contributed by atoms with Crippen molar-refractivity contribution in [1.29, 1.82) is 0 Å². The zero-order valence-corrected chi connectivity index (χ0v) is 11.6. The second kappa shape index (κ2) is 6.61. The molecule has 1 fully saturated rings. The molecular formula is C14H30N2. The highest BCUT2D eigenvalue weighted by molar-refractivity contribution is 4.80. The van der Waals surface area contributed by atoms with Gasteiger partial charge >= 0.3 is 0 Å². The molecule has 2 nitrogen and oxygen atoms in total. The summed E-state index contributed by atoms with van der Waals surface area (Å²) in [6.45, 7) is 12.8. The second-order valence-electron chi connectivity index (χ2n) is 6.64. The first-order valence-electron chi connectivity index (χ1n) is 6.91. The maximum absolute atomic E-state index is 3.52. The second-order valence-corrected chi connectivity index (χ2v) is 6.64. The van der Waals surface area contributed by atoms with E-state index in [-0.39, 0.29) is 0 Å². The molecule has 2 N–H and O–H groups in total. The van der Waals surface area contributed by atoms with Gasteiger partial charge in [0, 0.05) is 19.1 Å². The van der Waals surface area contributed by atoms with E-state index in [1.807, 2.05) is 0 Å². The lowest BCUT2D eigenvalue weighted by Crippen LogP contribution is -2.29. The number of nitrogens with one attached hydrogen (secondary N) is 2. The van der Waals surface area contributed by atoms with Crippen LogP contribution >= 0.6 is 0 Å². The van der Waals surface area contributed by atoms with Crippen LogP contribution in [0.4, 0.5) is 0 Å². The molecule has 0 bridgehead atoms. The summed E-state index contributed by atoms with van der Waals surface area (Å²) < 4.78 is 0. The van der Waals surface area contributed by atoms with Crippen LogP contribution in [0.3, 0.4) is 0 Å². The Morgan fingerprint density at radius 2 is 1.81 bits per heavy atom. The summed E-state index contributed by atoms with van der Waals surface area (Å²) in [7, 11) is 0. The molecule has 16 heavy (non-hydrogen) atoms. The molecule has 1 atom stereocenters. The van der Waals surface area contributed by atoms with Gasteiger partial charge in [-0.1, -0.05) is 27.7 Å². The lowest BCUT2D eigenvalue weighted by molar-refractivity contribution is 0.295. The molecule has 0 amide bonds. The van der Waals surface area contributed by atoms with Crippen LogP contribution in [0.25, 0.3) is 0 Å². The van der Waals surface area contributed by atoms with Crippen LogP contribution in [0.1, 0.15) is 53.4 Å². The molecule has 1 rings (SSSR count). The molecule has 0 radical (unpaired) electrons. The summed E-state index contributed by atoms with van der Waals surface area (Å²) in [4.78, 5) is 0. The normalized spacial score (nSPS) is 18.8. The Morgan fingerprint density at radius 3 is 2.38 bits per heavy atom. The van der Waals surface area contributed by atoms with E-state index in [0.29, 0.717) is 5.41 Å². The number of rotatable bonds is 8. The summed E-state index contributed by atoms with van der Waals surface area (Å²) in [5.74, 6) is 0.837. The van der Waals surface area contributed by atoms with Crippen LogP contribution < -0.4 is 10.6 Å². The molecule has 2 heteroatoms. The third-order valence-electron chi connectivity index (χ3n) is 3.09. The minimum absolute atomic E-state index is 0.479. The van der Waals surface area contributed by atoms with Gasteiger partial charge in [-0.2, -0.15) is 0 Å². The van der Waals surface area contributed by atoms with E-state index >= 15 is 0 Å². The van der Waals surface area contributed by atoms with E-state index in [0.717, 1.165) is 25.0 Å². The average Bonchev–Trinajstić information content (AvgIpc) is 2.91. The van der Waals surface area contributed by atoms with E-state index < -0.39 is 0 Å². The van der Waals surface area contributed by atoms with Crippen molar-refractivity contribution in [2.24, 2.45) is 11.3 Å². The van der Waals surface area contributed by atoms with Gasteiger partial charge in [-0.3, -0.25) is 0 Å². The molecule has 0 saturated heterocycles. The fraction of sp³-hybridized carbons (Fsp3) is 1.00. The molecule has 0 aromatic rings. The fourth-order valence-corrected chi connectivity index (χ4v) is 2.27. The van der Waals surface area contributed by atoms with E-state index in [4.69, 9.17) is 0 Å². The van der Waals surface area contributed by atoms with Crippen molar-refractivity contribution < 1.29 is 0 Å². The molecule has 96 valence electrons. The summed E-state index contributed by atoms with van der Waals surface area (Å²) >= 11 is 0. The quantitative estimate of drug-likeness (QED) is 0.622. The van der Waals surface area contributed by atoms with Crippen LogP contribution in [0.15, 0.2) is 0 Å². The first-order chi connectivity index (χ1) is 7.47. The Hall–Kier alpha value is -0.0800. The van der Waals surface area contributed by atoms with Gasteiger partial charge in [-0.05, 0) is 43.6 Å². The highest BCUT2D eigenvalue weighted by Crippen LogP contribution is 2.25. The summed E-state index contributed by atoms with van der Waals surface area (Å²) in [5, 5.41) is 7.04. The maximum atomic E-state index is 3.52. The molecule has 1 aliphatic carbocycles. The third kappa shape index (κ3) is 8.12. The average molecular weight is 226 g/mol. The topological polar surface area (TPSA) is 24.1 Å². The van der Waals surface area contributed by atoms with Crippen molar-refractivity contribution in [3.05, 3.63) is 0 Å². The number of hydrogen-bond acceptors (Lipinski definition) is 2. The summed E-state index contributed by atoms with van der Waals surface area (Å²) in [6.07, 6.45) is 5.42. The van der Waals surface area contributed by atoms with Crippen molar-refractivity contribution >= 4 is 0 Å². The van der Waals surface area contributed by atoms with Crippen LogP contribution in [-0.2, 0) is 0 Å². The molecule has 0 aromatic heterocycles. The van der Waals surface area contributed by atoms with E-state index in [2.05, 4.69) is 38.3 Å². The molecule has 1 aliphatic rings. The van der Waals surface area contributed by atoms with Gasteiger partial charge in [0.05, 0.1) is 0 Å². The first-order valence-corrected chi connectivity index (χ1v) is 6.91. The SMILES string of the molecule is CC(CCNCCNC1CC1)CC(C)(C)C. The van der Waals surface area contributed by atoms with Crippen molar-refractivity contribution in [3.63, 3.8) is 0 Å². The Balaban J connectivity index is 1.85. The smallest absolute Gasteiger partial charge is 0.00793 e. The van der Waals surface area contributed by atoms with Gasteiger partial charge < -0.3 is 10.6 Å². The monoisotopic (exact) mass is 226 g/mol. The highest BCUT2D eigenvalue weighted by Gasteiger charge is 2.19. The van der Waals surface area contributed by atoms with Gasteiger partial charge in [0.2, 0.25) is 0 Å². The lowest BCUT2D eigenvalue weighted by Gasteiger charge is -2.23. The standard InChI is InChI=1S/C14H30N2/c1-12(11-14(2,3)4)7-8-15-9-10-16-13-5-6-13/h12-13,15-16H,5-11H2,1-4H3. The lowest BCUT2D eigenvalue weighted by atomic mass is 9.84. The van der Waals surface area contributed by atoms with Crippen molar-refractivity contribution in [3.8, 4) is 0 Å². The van der Waals surface area contributed by atoms with Gasteiger partial charge in [0.1, 0.15) is 0 Å². The fourth-order valence-electron chi connectivity index (χ4n) is 2.27. The third-order valence-corrected chi connectivity index (χ3v) is 3.09. The van der Waals surface area contributed by atoms with Gasteiger partial charge in [0.15, 0.2) is 0 Å². The molecular weight excluding hydrogens is 196 g/mol. The van der Waals surface area contributed by atoms with Crippen molar-refractivity contribution in [1.82, 2.24) is 10.6 Å². The number of hydrogen-bond donors (Lipinski definition) is 2. The van der Waals surface area contributed by atoms with Crippen LogP contribution in [0.2, 0.25) is 0 Å². The van der Waals surface area contributed by atoms with Crippen molar-refractivity contribution in [2.45, 2.75) is 59.4 Å². The molecule has 1 saturated carbocycles. The molecule has 0 heterocycles. The Morgan fingerprint density at radius 1 is 1.12 bits per heavy atom. The molecule has 0 aromatic carbocycles. The summed E-state index contributed by atoms with van der Waals surface area (Å²) in [6, 6.07) is 0.849. The minimum Gasteiger partial charge on any atom is -0.315 e. The summed E-state index contributed by atoms with van der Waals surface area (Å²) in [5.41, 5.74) is 0.479. The predicted octanol–water partition coefficient (Wildman–Crippen LogP) is 2.79. The van der Waals surface area contributed by atoms with Crippen molar-refractivity contribution in [2.75, 3.05) is 19.6 Å². The minimum atomic E-state index is 0.479. The predicted molar refractivity (Wildman–Crippen MR) is 71.7 cm³/mol. The highest BCUT2D eigenvalue weighted by atomic mass is 15.0. The Labute approximate surface area is 102 Å².